The van der Waals surface area contributed by atoms with Gasteiger partial charge in [-0.1, -0.05) is 48.8 Å². The smallest absolute Gasteiger partial charge is 0.214 e. The van der Waals surface area contributed by atoms with Gasteiger partial charge in [0.15, 0.2) is 17.5 Å². The molecular weight excluding hydrogens is 481 g/mol. The lowest BCUT2D eigenvalue weighted by Gasteiger charge is -2.09. The number of aromatic nitrogens is 2. The SMILES string of the molecule is CCNC(=NCc1cc(C(C)C)no1)NCc1ncc(-c2ccc(C)cc2)o1.I. The van der Waals surface area contributed by atoms with Gasteiger partial charge in [-0.2, -0.15) is 0 Å². The maximum absolute atomic E-state index is 5.85. The maximum atomic E-state index is 5.85. The lowest BCUT2D eigenvalue weighted by atomic mass is 10.1. The fourth-order valence-electron chi connectivity index (χ4n) is 2.58. The maximum Gasteiger partial charge on any atom is 0.214 e. The van der Waals surface area contributed by atoms with Crippen LogP contribution in [0, 0.1) is 6.92 Å². The quantitative estimate of drug-likeness (QED) is 0.274. The minimum absolute atomic E-state index is 0. The molecule has 0 bridgehead atoms. The van der Waals surface area contributed by atoms with Gasteiger partial charge in [0.25, 0.3) is 0 Å². The molecule has 0 spiro atoms. The number of nitrogens with zero attached hydrogens (tertiary/aromatic N) is 3. The molecule has 0 fully saturated rings. The first-order chi connectivity index (χ1) is 13.5. The van der Waals surface area contributed by atoms with Crippen molar-refractivity contribution in [1.29, 1.82) is 0 Å². The second-order valence-electron chi connectivity index (χ2n) is 6.91. The standard InChI is InChI=1S/C21H27N5O2.HI/c1-5-22-21(24-11-17-10-18(14(2)3)26-28-17)25-13-20-23-12-19(27-20)16-8-6-15(4)7-9-16;/h6-10,12,14H,5,11,13H2,1-4H3,(H2,22,24,25);1H. The molecular formula is C21H28IN5O2. The van der Waals surface area contributed by atoms with Gasteiger partial charge in [0.2, 0.25) is 5.89 Å². The van der Waals surface area contributed by atoms with Crippen molar-refractivity contribution in [2.24, 2.45) is 4.99 Å². The van der Waals surface area contributed by atoms with Crippen molar-refractivity contribution < 1.29 is 8.94 Å². The number of nitrogens with one attached hydrogen (secondary N) is 2. The monoisotopic (exact) mass is 509 g/mol. The lowest BCUT2D eigenvalue weighted by Crippen LogP contribution is -2.36. The summed E-state index contributed by atoms with van der Waals surface area (Å²) >= 11 is 0. The van der Waals surface area contributed by atoms with E-state index in [-0.39, 0.29) is 24.0 Å². The Hall–Kier alpha value is -2.36. The van der Waals surface area contributed by atoms with Crippen LogP contribution in [0.4, 0.5) is 0 Å². The molecule has 0 unspecified atom stereocenters. The Morgan fingerprint density at radius 1 is 1.17 bits per heavy atom. The van der Waals surface area contributed by atoms with E-state index in [2.05, 4.69) is 58.7 Å². The van der Waals surface area contributed by atoms with Crippen LogP contribution >= 0.6 is 24.0 Å². The molecule has 0 saturated carbocycles. The Bertz CT molecular complexity index is 915. The fraction of sp³-hybridized carbons (Fsp3) is 0.381. The number of aliphatic imine (C=N–C) groups is 1. The summed E-state index contributed by atoms with van der Waals surface area (Å²) in [4.78, 5) is 8.88. The largest absolute Gasteiger partial charge is 0.439 e. The second-order valence-corrected chi connectivity index (χ2v) is 6.91. The molecule has 8 heteroatoms. The summed E-state index contributed by atoms with van der Waals surface area (Å²) in [5.74, 6) is 3.09. The third kappa shape index (κ3) is 6.59. The highest BCUT2D eigenvalue weighted by molar-refractivity contribution is 14.0. The zero-order valence-corrected chi connectivity index (χ0v) is 19.6. The molecule has 156 valence electrons. The van der Waals surface area contributed by atoms with Gasteiger partial charge in [0.1, 0.15) is 6.54 Å². The highest BCUT2D eigenvalue weighted by atomic mass is 127. The molecule has 2 N–H and O–H groups in total. The van der Waals surface area contributed by atoms with Gasteiger partial charge in [-0.05, 0) is 19.8 Å². The molecule has 0 amide bonds. The Balaban J connectivity index is 0.00000300. The lowest BCUT2D eigenvalue weighted by molar-refractivity contribution is 0.376. The normalized spacial score (nSPS) is 11.4. The van der Waals surface area contributed by atoms with E-state index < -0.39 is 0 Å². The van der Waals surface area contributed by atoms with Crippen LogP contribution in [0.5, 0.6) is 0 Å². The fourth-order valence-corrected chi connectivity index (χ4v) is 2.58. The number of aryl methyl sites for hydroxylation is 1. The van der Waals surface area contributed by atoms with Crippen molar-refractivity contribution >= 4 is 29.9 Å². The molecule has 2 heterocycles. The average Bonchev–Trinajstić information content (AvgIpc) is 3.34. The molecule has 7 nitrogen and oxygen atoms in total. The van der Waals surface area contributed by atoms with E-state index in [1.807, 2.05) is 25.1 Å². The van der Waals surface area contributed by atoms with Gasteiger partial charge in [0.05, 0.1) is 18.4 Å². The van der Waals surface area contributed by atoms with Gasteiger partial charge in [-0.15, -0.1) is 24.0 Å². The van der Waals surface area contributed by atoms with Gasteiger partial charge < -0.3 is 19.6 Å². The molecule has 0 aliphatic heterocycles. The zero-order valence-electron chi connectivity index (χ0n) is 17.2. The third-order valence-corrected chi connectivity index (χ3v) is 4.20. The van der Waals surface area contributed by atoms with Gasteiger partial charge in [-0.25, -0.2) is 9.98 Å². The first kappa shape index (κ1) is 22.9. The molecule has 1 aromatic carbocycles. The Labute approximate surface area is 188 Å². The number of guanidine groups is 1. The van der Waals surface area contributed by atoms with Crippen LogP contribution in [-0.4, -0.2) is 22.6 Å². The summed E-state index contributed by atoms with van der Waals surface area (Å²) in [6.45, 7) is 9.84. The van der Waals surface area contributed by atoms with E-state index in [1.165, 1.54) is 5.56 Å². The molecule has 0 aliphatic rings. The summed E-state index contributed by atoms with van der Waals surface area (Å²) in [5.41, 5.74) is 3.16. The summed E-state index contributed by atoms with van der Waals surface area (Å²) in [5, 5.41) is 10.5. The van der Waals surface area contributed by atoms with Crippen molar-refractivity contribution in [3.8, 4) is 11.3 Å². The van der Waals surface area contributed by atoms with E-state index in [9.17, 15) is 0 Å². The van der Waals surface area contributed by atoms with Crippen LogP contribution in [0.15, 0.2) is 50.5 Å². The molecule has 3 rings (SSSR count). The number of halogens is 1. The Morgan fingerprint density at radius 2 is 1.93 bits per heavy atom. The highest BCUT2D eigenvalue weighted by Crippen LogP contribution is 2.20. The van der Waals surface area contributed by atoms with Crippen LogP contribution < -0.4 is 10.6 Å². The van der Waals surface area contributed by atoms with Gasteiger partial charge >= 0.3 is 0 Å². The molecule has 0 aliphatic carbocycles. The van der Waals surface area contributed by atoms with E-state index in [1.54, 1.807) is 6.20 Å². The second kappa shape index (κ2) is 11.0. The number of oxazole rings is 1. The van der Waals surface area contributed by atoms with Crippen molar-refractivity contribution in [1.82, 2.24) is 20.8 Å². The van der Waals surface area contributed by atoms with E-state index in [0.717, 1.165) is 29.3 Å². The minimum Gasteiger partial charge on any atom is -0.439 e. The van der Waals surface area contributed by atoms with Crippen LogP contribution in [0.3, 0.4) is 0 Å². The molecule has 3 aromatic rings. The highest BCUT2D eigenvalue weighted by Gasteiger charge is 2.09. The first-order valence-electron chi connectivity index (χ1n) is 9.54. The number of benzene rings is 1. The molecule has 0 radical (unpaired) electrons. The van der Waals surface area contributed by atoms with Crippen LogP contribution in [0.2, 0.25) is 0 Å². The molecule has 29 heavy (non-hydrogen) atoms. The molecule has 2 aromatic heterocycles. The predicted molar refractivity (Wildman–Crippen MR) is 124 cm³/mol. The predicted octanol–water partition coefficient (Wildman–Crippen LogP) is 4.63. The van der Waals surface area contributed by atoms with E-state index >= 15 is 0 Å². The average molecular weight is 509 g/mol. The first-order valence-corrected chi connectivity index (χ1v) is 9.54. The number of rotatable bonds is 7. The number of hydrogen-bond acceptors (Lipinski definition) is 5. The van der Waals surface area contributed by atoms with Gasteiger partial charge in [-0.3, -0.25) is 0 Å². The van der Waals surface area contributed by atoms with Crippen LogP contribution in [0.25, 0.3) is 11.3 Å². The number of hydrogen-bond donors (Lipinski definition) is 2. The topological polar surface area (TPSA) is 88.5 Å². The molecule has 0 atom stereocenters. The minimum atomic E-state index is 0. The van der Waals surface area contributed by atoms with E-state index in [4.69, 9.17) is 8.94 Å². The molecule has 0 saturated heterocycles. The zero-order chi connectivity index (χ0) is 19.9. The van der Waals surface area contributed by atoms with Gasteiger partial charge in [0, 0.05) is 18.2 Å². The summed E-state index contributed by atoms with van der Waals surface area (Å²) in [6, 6.07) is 10.1. The van der Waals surface area contributed by atoms with Crippen LogP contribution in [0.1, 0.15) is 49.6 Å². The van der Waals surface area contributed by atoms with Crippen molar-refractivity contribution in [3.63, 3.8) is 0 Å². The van der Waals surface area contributed by atoms with Crippen LogP contribution in [-0.2, 0) is 13.1 Å². The Morgan fingerprint density at radius 3 is 2.59 bits per heavy atom. The van der Waals surface area contributed by atoms with Crippen molar-refractivity contribution in [2.45, 2.75) is 46.7 Å². The summed E-state index contributed by atoms with van der Waals surface area (Å²) in [7, 11) is 0. The summed E-state index contributed by atoms with van der Waals surface area (Å²) < 4.78 is 11.2. The van der Waals surface area contributed by atoms with Crippen molar-refractivity contribution in [2.75, 3.05) is 6.54 Å². The van der Waals surface area contributed by atoms with E-state index in [0.29, 0.717) is 30.9 Å². The Kier molecular flexibility index (Phi) is 8.69. The summed E-state index contributed by atoms with van der Waals surface area (Å²) in [6.07, 6.45) is 1.74. The third-order valence-electron chi connectivity index (χ3n) is 4.20. The van der Waals surface area contributed by atoms with Crippen molar-refractivity contribution in [3.05, 3.63) is 59.4 Å².